The van der Waals surface area contributed by atoms with E-state index in [1.54, 1.807) is 18.2 Å². The second kappa shape index (κ2) is 8.83. The molecule has 0 saturated carbocycles. The highest BCUT2D eigenvalue weighted by Crippen LogP contribution is 2.29. The first-order chi connectivity index (χ1) is 14.6. The van der Waals surface area contributed by atoms with Gasteiger partial charge in [-0.15, -0.1) is 5.54 Å². The van der Waals surface area contributed by atoms with Gasteiger partial charge < -0.3 is 5.41 Å². The van der Waals surface area contributed by atoms with Crippen LogP contribution in [0.5, 0.6) is 0 Å². The van der Waals surface area contributed by atoms with Crippen LogP contribution in [0.4, 0.5) is 0 Å². The summed E-state index contributed by atoms with van der Waals surface area (Å²) in [5.41, 5.74) is 6.82. The van der Waals surface area contributed by atoms with Crippen molar-refractivity contribution in [2.75, 3.05) is 0 Å². The third-order valence-electron chi connectivity index (χ3n) is 5.26. The van der Waals surface area contributed by atoms with Crippen LogP contribution in [0.3, 0.4) is 0 Å². The Labute approximate surface area is 185 Å². The molecule has 3 aromatic rings. The van der Waals surface area contributed by atoms with Gasteiger partial charge in [0, 0.05) is 22.6 Å². The van der Waals surface area contributed by atoms with Crippen LogP contribution in [0.1, 0.15) is 50.2 Å². The highest BCUT2D eigenvalue weighted by molar-refractivity contribution is 6.83. The summed E-state index contributed by atoms with van der Waals surface area (Å²) in [6.45, 7) is 10.3. The lowest BCUT2D eigenvalue weighted by Crippen LogP contribution is -2.21. The van der Waals surface area contributed by atoms with Gasteiger partial charge in [0.1, 0.15) is 14.4 Å². The number of rotatable bonds is 5. The fourth-order valence-electron chi connectivity index (χ4n) is 3.49. The quantitative estimate of drug-likeness (QED) is 0.174. The number of nitrogens with one attached hydrogen (secondary N) is 1. The lowest BCUT2D eigenvalue weighted by Gasteiger charge is -2.17. The van der Waals surface area contributed by atoms with Gasteiger partial charge in [-0.1, -0.05) is 68.9 Å². The van der Waals surface area contributed by atoms with Gasteiger partial charge in [0.05, 0.1) is 5.71 Å². The first-order valence-corrected chi connectivity index (χ1v) is 13.9. The summed E-state index contributed by atoms with van der Waals surface area (Å²) in [5.74, 6) is 2.55. The number of aryl methyl sites for hydroxylation is 1. The summed E-state index contributed by atoms with van der Waals surface area (Å²) in [6, 6.07) is 17.1. The Morgan fingerprint density at radius 3 is 2.45 bits per heavy atom. The minimum atomic E-state index is -1.54. The summed E-state index contributed by atoms with van der Waals surface area (Å²) in [6.07, 6.45) is 0.720. The van der Waals surface area contributed by atoms with Crippen molar-refractivity contribution in [3.8, 4) is 11.5 Å². The van der Waals surface area contributed by atoms with Crippen LogP contribution >= 0.6 is 0 Å². The molecule has 156 valence electrons. The summed E-state index contributed by atoms with van der Waals surface area (Å²) in [7, 11) is -1.54. The Kier molecular flexibility index (Phi) is 6.38. The first-order valence-electron chi connectivity index (χ1n) is 10.4. The lowest BCUT2D eigenvalue weighted by molar-refractivity contribution is 0.106. The van der Waals surface area contributed by atoms with E-state index >= 15 is 0 Å². The van der Waals surface area contributed by atoms with Crippen molar-refractivity contribution < 1.29 is 9.59 Å². The SMILES string of the molecule is Cc1ccc(C=O)cc1C(=O)C(=N)[C@H](C)c1cc(C#C[Si](C)(C)C)cc2ccccc12. The van der Waals surface area contributed by atoms with E-state index in [1.807, 2.05) is 44.2 Å². The van der Waals surface area contributed by atoms with Crippen molar-refractivity contribution in [2.24, 2.45) is 0 Å². The fourth-order valence-corrected chi connectivity index (χ4v) is 4.00. The zero-order valence-electron chi connectivity index (χ0n) is 18.7. The van der Waals surface area contributed by atoms with Gasteiger partial charge in [-0.3, -0.25) is 9.59 Å². The minimum Gasteiger partial charge on any atom is -0.301 e. The smallest absolute Gasteiger partial charge is 0.207 e. The maximum absolute atomic E-state index is 13.2. The summed E-state index contributed by atoms with van der Waals surface area (Å²) in [5, 5.41) is 10.7. The molecule has 0 aliphatic rings. The Balaban J connectivity index is 2.07. The maximum atomic E-state index is 13.2. The molecule has 0 aliphatic carbocycles. The molecule has 0 heterocycles. The van der Waals surface area contributed by atoms with Gasteiger partial charge in [0.15, 0.2) is 0 Å². The van der Waals surface area contributed by atoms with E-state index < -0.39 is 14.0 Å². The van der Waals surface area contributed by atoms with E-state index in [0.717, 1.165) is 33.7 Å². The van der Waals surface area contributed by atoms with E-state index in [0.29, 0.717) is 11.1 Å². The molecular formula is C27H27NO2Si. The predicted octanol–water partition coefficient (Wildman–Crippen LogP) is 6.20. The molecule has 0 bridgehead atoms. The number of aldehydes is 1. The second-order valence-corrected chi connectivity index (χ2v) is 13.7. The molecule has 0 aliphatic heterocycles. The normalized spacial score (nSPS) is 12.0. The monoisotopic (exact) mass is 425 g/mol. The van der Waals surface area contributed by atoms with Crippen LogP contribution in [0.2, 0.25) is 19.6 Å². The molecule has 0 fully saturated rings. The summed E-state index contributed by atoms with van der Waals surface area (Å²) < 4.78 is 0. The number of Topliss-reactive ketones (excluding diaryl/α,β-unsaturated/α-hetero) is 1. The van der Waals surface area contributed by atoms with Crippen LogP contribution in [0.15, 0.2) is 54.6 Å². The van der Waals surface area contributed by atoms with Crippen molar-refractivity contribution in [1.82, 2.24) is 0 Å². The van der Waals surface area contributed by atoms with Crippen LogP contribution in [-0.2, 0) is 0 Å². The molecule has 0 saturated heterocycles. The number of carbonyl (C=O) groups is 2. The van der Waals surface area contributed by atoms with Crippen molar-refractivity contribution in [3.63, 3.8) is 0 Å². The average molecular weight is 426 g/mol. The molecular weight excluding hydrogens is 398 g/mol. The maximum Gasteiger partial charge on any atom is 0.207 e. The summed E-state index contributed by atoms with van der Waals surface area (Å²) in [4.78, 5) is 24.3. The molecule has 0 amide bonds. The molecule has 3 rings (SSSR count). The van der Waals surface area contributed by atoms with Crippen LogP contribution < -0.4 is 0 Å². The van der Waals surface area contributed by atoms with E-state index in [1.165, 1.54) is 0 Å². The van der Waals surface area contributed by atoms with Crippen LogP contribution in [-0.4, -0.2) is 25.9 Å². The minimum absolute atomic E-state index is 0.00612. The first kappa shape index (κ1) is 22.4. The molecule has 0 unspecified atom stereocenters. The van der Waals surface area contributed by atoms with E-state index in [9.17, 15) is 9.59 Å². The zero-order valence-corrected chi connectivity index (χ0v) is 19.7. The Hall–Kier alpha value is -3.29. The highest BCUT2D eigenvalue weighted by atomic mass is 28.3. The average Bonchev–Trinajstić information content (AvgIpc) is 2.75. The molecule has 0 spiro atoms. The van der Waals surface area contributed by atoms with Gasteiger partial charge in [-0.25, -0.2) is 0 Å². The standard InChI is InChI=1S/C27H27NO2Si/c1-18-10-11-21(17-29)16-24(18)27(30)26(28)19(2)25-15-20(12-13-31(3,4)5)14-22-8-6-7-9-23(22)25/h6-11,14-17,19,28H,1-5H3/t19-/m1/s1. The molecule has 1 atom stereocenters. The third-order valence-corrected chi connectivity index (χ3v) is 6.14. The van der Waals surface area contributed by atoms with Gasteiger partial charge in [0.2, 0.25) is 5.78 Å². The molecule has 3 aromatic carbocycles. The second-order valence-electron chi connectivity index (χ2n) is 8.94. The van der Waals surface area contributed by atoms with E-state index in [-0.39, 0.29) is 11.5 Å². The number of carbonyl (C=O) groups excluding carboxylic acids is 2. The Morgan fingerprint density at radius 1 is 1.06 bits per heavy atom. The number of hydrogen-bond acceptors (Lipinski definition) is 3. The van der Waals surface area contributed by atoms with E-state index in [4.69, 9.17) is 5.41 Å². The third kappa shape index (κ3) is 5.07. The molecule has 3 nitrogen and oxygen atoms in total. The Morgan fingerprint density at radius 2 is 1.77 bits per heavy atom. The number of fused-ring (bicyclic) bond motifs is 1. The van der Waals surface area contributed by atoms with Crippen LogP contribution in [0, 0.1) is 23.8 Å². The van der Waals surface area contributed by atoms with Gasteiger partial charge >= 0.3 is 0 Å². The van der Waals surface area contributed by atoms with Crippen LogP contribution in [0.25, 0.3) is 10.8 Å². The number of hydrogen-bond donors (Lipinski definition) is 1. The highest BCUT2D eigenvalue weighted by Gasteiger charge is 2.23. The van der Waals surface area contributed by atoms with Crippen molar-refractivity contribution >= 4 is 36.6 Å². The molecule has 0 aromatic heterocycles. The number of ketones is 1. The Bertz CT molecular complexity index is 1260. The molecule has 0 radical (unpaired) electrons. The van der Waals surface area contributed by atoms with Crippen molar-refractivity contribution in [2.45, 2.75) is 39.4 Å². The zero-order chi connectivity index (χ0) is 22.8. The molecule has 1 N–H and O–H groups in total. The van der Waals surface area contributed by atoms with Gasteiger partial charge in [-0.2, -0.15) is 0 Å². The fraction of sp³-hybridized carbons (Fsp3) is 0.222. The number of benzene rings is 3. The predicted molar refractivity (Wildman–Crippen MR) is 131 cm³/mol. The topological polar surface area (TPSA) is 58.0 Å². The van der Waals surface area contributed by atoms with Crippen molar-refractivity contribution in [1.29, 1.82) is 5.41 Å². The van der Waals surface area contributed by atoms with E-state index in [2.05, 4.69) is 37.2 Å². The van der Waals surface area contributed by atoms with Gasteiger partial charge in [0.25, 0.3) is 0 Å². The van der Waals surface area contributed by atoms with Gasteiger partial charge in [-0.05, 0) is 47.0 Å². The molecule has 31 heavy (non-hydrogen) atoms. The summed E-state index contributed by atoms with van der Waals surface area (Å²) >= 11 is 0. The molecule has 4 heteroatoms. The lowest BCUT2D eigenvalue weighted by atomic mass is 9.86. The van der Waals surface area contributed by atoms with Crippen molar-refractivity contribution in [3.05, 3.63) is 82.4 Å². The largest absolute Gasteiger partial charge is 0.301 e.